The molecule has 2 N–H and O–H groups in total. The highest BCUT2D eigenvalue weighted by molar-refractivity contribution is 6.12. The lowest BCUT2D eigenvalue weighted by Gasteiger charge is -1.92. The van der Waals surface area contributed by atoms with E-state index in [-0.39, 0.29) is 6.05 Å². The van der Waals surface area contributed by atoms with Crippen LogP contribution in [0.15, 0.2) is 48.0 Å². The van der Waals surface area contributed by atoms with Crippen LogP contribution in [-0.2, 0) is 9.59 Å². The van der Waals surface area contributed by atoms with Crippen molar-refractivity contribution in [3.63, 3.8) is 0 Å². The van der Waals surface area contributed by atoms with Crippen molar-refractivity contribution < 1.29 is 21.2 Å². The molecule has 16 heavy (non-hydrogen) atoms. The summed E-state index contributed by atoms with van der Waals surface area (Å²) in [5.74, 6) is -2.85. The maximum atomic E-state index is 11.0. The Labute approximate surface area is 95.0 Å². The molecule has 1 aromatic carbocycles. The topological polar surface area (TPSA) is 74.6 Å². The first-order valence-corrected chi connectivity index (χ1v) is 4.40. The molecule has 1 aromatic rings. The summed E-state index contributed by atoms with van der Waals surface area (Å²) in [4.78, 5) is 21.7. The fourth-order valence-corrected chi connectivity index (χ4v) is 0.978. The van der Waals surface area contributed by atoms with Crippen molar-refractivity contribution in [2.24, 2.45) is 0 Å². The van der Waals surface area contributed by atoms with Gasteiger partial charge in [0.2, 0.25) is 0 Å². The standard InChI is InChI=1S/C12H10O4/c13-11(14)10(12(15)16)8-4-7-9-5-2-1-3-6-9/h1-8H,(H,13,14)(H,15,16)/b7-4+/i4D/hD. The first-order chi connectivity index (χ1) is 8.54. The average Bonchev–Trinajstić information content (AvgIpc) is 2.36. The molecule has 0 radical (unpaired) electrons. The number of carboxylic acids is 2. The van der Waals surface area contributed by atoms with Gasteiger partial charge in [-0.25, -0.2) is 9.59 Å². The summed E-state index contributed by atoms with van der Waals surface area (Å²) < 4.78 is 13.9. The van der Waals surface area contributed by atoms with Gasteiger partial charge in [0, 0.05) is 0 Å². The first-order valence-electron chi connectivity index (χ1n) is 5.31. The molecule has 0 aromatic heterocycles. The second-order valence-electron chi connectivity index (χ2n) is 2.87. The minimum absolute atomic E-state index is 0.177. The molecule has 0 atom stereocenters. The van der Waals surface area contributed by atoms with E-state index in [0.29, 0.717) is 5.56 Å². The van der Waals surface area contributed by atoms with Crippen molar-refractivity contribution in [2.45, 2.75) is 0 Å². The number of allylic oxidation sites excluding steroid dienone is 2. The van der Waals surface area contributed by atoms with Crippen LogP contribution in [-0.4, -0.2) is 22.2 Å². The lowest BCUT2D eigenvalue weighted by atomic mass is 10.2. The van der Waals surface area contributed by atoms with E-state index in [1.807, 2.05) is 0 Å². The van der Waals surface area contributed by atoms with Crippen LogP contribution in [0.3, 0.4) is 0 Å². The first kappa shape index (κ1) is 8.91. The van der Waals surface area contributed by atoms with Gasteiger partial charge >= 0.3 is 11.9 Å². The molecule has 0 aliphatic carbocycles. The predicted octanol–water partition coefficient (Wildman–Crippen LogP) is 1.80. The normalized spacial score (nSPS) is 13.8. The predicted molar refractivity (Wildman–Crippen MR) is 58.8 cm³/mol. The maximum Gasteiger partial charge on any atom is 0.343 e. The van der Waals surface area contributed by atoms with Crippen molar-refractivity contribution in [2.75, 3.05) is 0 Å². The van der Waals surface area contributed by atoms with Gasteiger partial charge in [-0.3, -0.25) is 0 Å². The Morgan fingerprint density at radius 3 is 2.50 bits per heavy atom. The Bertz CT molecular complexity index is 506. The molecule has 0 heterocycles. The fourth-order valence-electron chi connectivity index (χ4n) is 0.978. The average molecular weight is 220 g/mol. The quantitative estimate of drug-likeness (QED) is 0.351. The molecule has 0 aliphatic rings. The summed E-state index contributed by atoms with van der Waals surface area (Å²) in [5, 5.41) is 12.3. The molecule has 0 fully saturated rings. The minimum atomic E-state index is -1.54. The van der Waals surface area contributed by atoms with Gasteiger partial charge in [-0.1, -0.05) is 42.5 Å². The Hall–Kier alpha value is -2.36. The van der Waals surface area contributed by atoms with Crippen LogP contribution in [0.1, 0.15) is 6.93 Å². The molecule has 4 heteroatoms. The zero-order valence-corrected chi connectivity index (χ0v) is 8.21. The number of carboxylic acid groups (broad SMARTS) is 2. The van der Waals surface area contributed by atoms with Gasteiger partial charge in [0.05, 0.1) is 1.37 Å². The molecule has 0 saturated heterocycles. The Balaban J connectivity index is 3.02. The van der Waals surface area contributed by atoms with Crippen LogP contribution in [0.2, 0.25) is 0 Å². The lowest BCUT2D eigenvalue weighted by Crippen LogP contribution is -2.10. The summed E-state index contributed by atoms with van der Waals surface area (Å²) >= 11 is 0. The molecule has 0 unspecified atom stereocenters. The Kier molecular flexibility index (Phi) is 3.06. The second kappa shape index (κ2) is 5.50. The monoisotopic (exact) mass is 220 g/mol. The van der Waals surface area contributed by atoms with Gasteiger partial charge in [0.1, 0.15) is 5.57 Å². The SMILES string of the molecule is [2H]OC(=O)/C(=C/C([2H])=C/c1ccccc1)C(=O)O. The number of carbonyl (C=O) groups is 2. The van der Waals surface area contributed by atoms with Crippen LogP contribution in [0.5, 0.6) is 0 Å². The molecule has 1 rings (SSSR count). The highest BCUT2D eigenvalue weighted by Gasteiger charge is 2.13. The Morgan fingerprint density at radius 2 is 1.94 bits per heavy atom. The van der Waals surface area contributed by atoms with Gasteiger partial charge in [-0.05, 0) is 11.6 Å². The Morgan fingerprint density at radius 1 is 1.25 bits per heavy atom. The third-order valence-electron chi connectivity index (χ3n) is 1.73. The smallest absolute Gasteiger partial charge is 0.343 e. The van der Waals surface area contributed by atoms with E-state index in [4.69, 9.17) is 7.91 Å². The van der Waals surface area contributed by atoms with Gasteiger partial charge in [-0.15, -0.1) is 0 Å². The summed E-state index contributed by atoms with van der Waals surface area (Å²) in [6.07, 6.45) is 2.23. The molecule has 0 amide bonds. The van der Waals surface area contributed by atoms with Gasteiger partial charge in [-0.2, -0.15) is 0 Å². The number of hydrogen-bond donors (Lipinski definition) is 2. The van der Waals surface area contributed by atoms with E-state index >= 15 is 0 Å². The third-order valence-corrected chi connectivity index (χ3v) is 1.73. The number of rotatable bonds is 4. The zero-order chi connectivity index (χ0) is 13.5. The van der Waals surface area contributed by atoms with E-state index in [1.54, 1.807) is 30.3 Å². The molecule has 0 spiro atoms. The minimum Gasteiger partial charge on any atom is -0.477 e. The van der Waals surface area contributed by atoms with E-state index in [9.17, 15) is 9.59 Å². The fraction of sp³-hybridized carbons (Fsp3) is 0. The molecule has 4 nitrogen and oxygen atoms in total. The van der Waals surface area contributed by atoms with Crippen LogP contribution < -0.4 is 0 Å². The number of hydrogen-bond acceptors (Lipinski definition) is 3. The second-order valence-corrected chi connectivity index (χ2v) is 2.87. The molecule has 0 aliphatic heterocycles. The number of aliphatic carboxylic acids is 2. The molecule has 82 valence electrons. The van der Waals surface area contributed by atoms with Crippen molar-refractivity contribution in [3.8, 4) is 0 Å². The van der Waals surface area contributed by atoms with Crippen LogP contribution in [0, 0.1) is 0 Å². The van der Waals surface area contributed by atoms with Crippen molar-refractivity contribution in [1.82, 2.24) is 0 Å². The molecule has 0 saturated carbocycles. The van der Waals surface area contributed by atoms with E-state index in [2.05, 4.69) is 5.11 Å². The van der Waals surface area contributed by atoms with Crippen LogP contribution in [0.4, 0.5) is 0 Å². The summed E-state index contributed by atoms with van der Waals surface area (Å²) in [5.41, 5.74) is -0.0649. The summed E-state index contributed by atoms with van der Waals surface area (Å²) in [6, 6.07) is 8.61. The molecule has 0 bridgehead atoms. The van der Waals surface area contributed by atoms with E-state index in [1.165, 1.54) is 6.08 Å². The van der Waals surface area contributed by atoms with Crippen molar-refractivity contribution >= 4 is 18.0 Å². The van der Waals surface area contributed by atoms with Crippen LogP contribution in [0.25, 0.3) is 7.51 Å². The zero-order valence-electron chi connectivity index (χ0n) is 10.2. The van der Waals surface area contributed by atoms with Crippen molar-refractivity contribution in [1.29, 1.82) is 1.43 Å². The summed E-state index contributed by atoms with van der Waals surface area (Å²) in [7, 11) is 0. The van der Waals surface area contributed by atoms with Crippen LogP contribution >= 0.6 is 0 Å². The largest absolute Gasteiger partial charge is 0.477 e. The summed E-state index contributed by atoms with van der Waals surface area (Å²) in [6.45, 7) is 0. The number of benzene rings is 1. The van der Waals surface area contributed by atoms with E-state index in [0.717, 1.165) is 6.08 Å². The lowest BCUT2D eigenvalue weighted by molar-refractivity contribution is -0.140. The third kappa shape index (κ3) is 3.42. The highest BCUT2D eigenvalue weighted by atomic mass is 16.4. The van der Waals surface area contributed by atoms with Crippen molar-refractivity contribution in [3.05, 3.63) is 53.6 Å². The van der Waals surface area contributed by atoms with Gasteiger partial charge < -0.3 is 10.2 Å². The van der Waals surface area contributed by atoms with Gasteiger partial charge in [0.25, 0.3) is 1.43 Å². The maximum absolute atomic E-state index is 11.0. The highest BCUT2D eigenvalue weighted by Crippen LogP contribution is 2.02. The van der Waals surface area contributed by atoms with E-state index < -0.39 is 17.5 Å². The molecular weight excluding hydrogens is 208 g/mol. The van der Waals surface area contributed by atoms with Gasteiger partial charge in [0.15, 0.2) is 0 Å². The molecular formula is C12H10O4.